The number of rotatable bonds is 1. The van der Waals surface area contributed by atoms with Crippen molar-refractivity contribution in [2.75, 3.05) is 6.54 Å². The van der Waals surface area contributed by atoms with Gasteiger partial charge in [-0.05, 0) is 25.6 Å². The van der Waals surface area contributed by atoms with E-state index in [4.69, 9.17) is 5.73 Å². The van der Waals surface area contributed by atoms with E-state index in [1.165, 1.54) is 12.8 Å². The molecule has 3 N–H and O–H groups in total. The Kier molecular flexibility index (Phi) is 1.92. The monoisotopic (exact) mass is 112 g/mol. The first-order chi connectivity index (χ1) is 3.93. The van der Waals surface area contributed by atoms with Crippen LogP contribution in [0.2, 0.25) is 0 Å². The number of hydrogen-bond acceptors (Lipinski definition) is 2. The van der Waals surface area contributed by atoms with E-state index in [0.717, 1.165) is 6.54 Å². The van der Waals surface area contributed by atoms with Crippen molar-refractivity contribution >= 4 is 0 Å². The smallest absolute Gasteiger partial charge is 0.0267 e. The van der Waals surface area contributed by atoms with Gasteiger partial charge in [0, 0.05) is 6.04 Å². The van der Waals surface area contributed by atoms with Crippen molar-refractivity contribution in [1.82, 2.24) is 5.32 Å². The number of hydrogen-bond donors (Lipinski definition) is 2. The summed E-state index contributed by atoms with van der Waals surface area (Å²) in [6.45, 7) is 1.15. The molecular formula is C6H12N2. The highest BCUT2D eigenvalue weighted by atomic mass is 14.9. The Morgan fingerprint density at radius 2 is 2.50 bits per heavy atom. The summed E-state index contributed by atoms with van der Waals surface area (Å²) in [6, 6.07) is 0.556. The summed E-state index contributed by atoms with van der Waals surface area (Å²) < 4.78 is 0. The van der Waals surface area contributed by atoms with E-state index in [2.05, 4.69) is 5.32 Å². The molecule has 46 valence electrons. The summed E-state index contributed by atoms with van der Waals surface area (Å²) >= 11 is 0. The van der Waals surface area contributed by atoms with Crippen molar-refractivity contribution in [2.45, 2.75) is 18.9 Å². The SMILES string of the molecule is N/C=C\C1CCCN1. The molecule has 1 aliphatic rings. The van der Waals surface area contributed by atoms with Crippen LogP contribution in [0.15, 0.2) is 12.3 Å². The van der Waals surface area contributed by atoms with Crippen molar-refractivity contribution in [3.05, 3.63) is 12.3 Å². The van der Waals surface area contributed by atoms with Gasteiger partial charge >= 0.3 is 0 Å². The molecule has 1 aliphatic heterocycles. The van der Waals surface area contributed by atoms with E-state index in [1.807, 2.05) is 6.08 Å². The molecule has 1 unspecified atom stereocenters. The van der Waals surface area contributed by atoms with E-state index in [0.29, 0.717) is 6.04 Å². The maximum atomic E-state index is 5.19. The van der Waals surface area contributed by atoms with E-state index < -0.39 is 0 Å². The van der Waals surface area contributed by atoms with Gasteiger partial charge in [-0.15, -0.1) is 0 Å². The van der Waals surface area contributed by atoms with Crippen LogP contribution in [-0.4, -0.2) is 12.6 Å². The normalized spacial score (nSPS) is 29.8. The fourth-order valence-corrected chi connectivity index (χ4v) is 1.01. The molecule has 2 heteroatoms. The average molecular weight is 112 g/mol. The zero-order valence-electron chi connectivity index (χ0n) is 4.93. The summed E-state index contributed by atoms with van der Waals surface area (Å²) in [5.74, 6) is 0. The van der Waals surface area contributed by atoms with Gasteiger partial charge in [-0.2, -0.15) is 0 Å². The Morgan fingerprint density at radius 3 is 3.00 bits per heavy atom. The van der Waals surface area contributed by atoms with Crippen LogP contribution in [0, 0.1) is 0 Å². The minimum atomic E-state index is 0.556. The summed E-state index contributed by atoms with van der Waals surface area (Å²) in [5, 5.41) is 3.29. The average Bonchev–Trinajstić information content (AvgIpc) is 2.19. The summed E-state index contributed by atoms with van der Waals surface area (Å²) in [5.41, 5.74) is 5.19. The Labute approximate surface area is 49.8 Å². The van der Waals surface area contributed by atoms with Gasteiger partial charge in [-0.3, -0.25) is 0 Å². The van der Waals surface area contributed by atoms with Crippen LogP contribution in [-0.2, 0) is 0 Å². The van der Waals surface area contributed by atoms with Gasteiger partial charge in [0.25, 0.3) is 0 Å². The molecular weight excluding hydrogens is 100 g/mol. The topological polar surface area (TPSA) is 38.0 Å². The summed E-state index contributed by atoms with van der Waals surface area (Å²) in [6.07, 6.45) is 6.15. The number of nitrogens with one attached hydrogen (secondary N) is 1. The standard InChI is InChI=1S/C6H12N2/c7-4-3-6-2-1-5-8-6/h3-4,6,8H,1-2,5,7H2/b4-3-. The van der Waals surface area contributed by atoms with E-state index in [1.54, 1.807) is 6.20 Å². The van der Waals surface area contributed by atoms with Crippen LogP contribution in [0.3, 0.4) is 0 Å². The highest BCUT2D eigenvalue weighted by molar-refractivity contribution is 4.93. The molecule has 1 fully saturated rings. The highest BCUT2D eigenvalue weighted by Gasteiger charge is 2.08. The molecule has 1 heterocycles. The van der Waals surface area contributed by atoms with Crippen molar-refractivity contribution in [1.29, 1.82) is 0 Å². The first-order valence-corrected chi connectivity index (χ1v) is 3.05. The Balaban J connectivity index is 2.24. The van der Waals surface area contributed by atoms with E-state index in [-0.39, 0.29) is 0 Å². The number of nitrogens with two attached hydrogens (primary N) is 1. The minimum absolute atomic E-state index is 0.556. The lowest BCUT2D eigenvalue weighted by atomic mass is 10.2. The van der Waals surface area contributed by atoms with Crippen molar-refractivity contribution in [3.63, 3.8) is 0 Å². The second kappa shape index (κ2) is 2.72. The van der Waals surface area contributed by atoms with Crippen molar-refractivity contribution in [2.24, 2.45) is 5.73 Å². The second-order valence-corrected chi connectivity index (χ2v) is 2.09. The molecule has 1 saturated heterocycles. The second-order valence-electron chi connectivity index (χ2n) is 2.09. The van der Waals surface area contributed by atoms with Gasteiger partial charge in [0.15, 0.2) is 0 Å². The molecule has 0 amide bonds. The van der Waals surface area contributed by atoms with Gasteiger partial charge in [0.05, 0.1) is 0 Å². The summed E-state index contributed by atoms with van der Waals surface area (Å²) in [7, 11) is 0. The Hall–Kier alpha value is -0.500. The molecule has 0 saturated carbocycles. The first kappa shape index (κ1) is 5.63. The third kappa shape index (κ3) is 1.23. The third-order valence-electron chi connectivity index (χ3n) is 1.44. The summed E-state index contributed by atoms with van der Waals surface area (Å²) in [4.78, 5) is 0. The molecule has 0 bridgehead atoms. The first-order valence-electron chi connectivity index (χ1n) is 3.05. The van der Waals surface area contributed by atoms with Gasteiger partial charge in [-0.1, -0.05) is 6.08 Å². The fraction of sp³-hybridized carbons (Fsp3) is 0.667. The Morgan fingerprint density at radius 1 is 1.62 bits per heavy atom. The predicted molar refractivity (Wildman–Crippen MR) is 34.4 cm³/mol. The van der Waals surface area contributed by atoms with Crippen LogP contribution in [0.5, 0.6) is 0 Å². The van der Waals surface area contributed by atoms with Crippen LogP contribution in [0.4, 0.5) is 0 Å². The molecule has 0 spiro atoms. The lowest BCUT2D eigenvalue weighted by Gasteiger charge is -1.99. The molecule has 2 nitrogen and oxygen atoms in total. The quantitative estimate of drug-likeness (QED) is 0.509. The van der Waals surface area contributed by atoms with Crippen LogP contribution >= 0.6 is 0 Å². The molecule has 0 aromatic rings. The maximum Gasteiger partial charge on any atom is 0.0267 e. The van der Waals surface area contributed by atoms with E-state index in [9.17, 15) is 0 Å². The molecule has 1 atom stereocenters. The molecule has 1 rings (SSSR count). The third-order valence-corrected chi connectivity index (χ3v) is 1.44. The van der Waals surface area contributed by atoms with Crippen molar-refractivity contribution in [3.8, 4) is 0 Å². The zero-order chi connectivity index (χ0) is 5.82. The van der Waals surface area contributed by atoms with Crippen LogP contribution < -0.4 is 11.1 Å². The zero-order valence-corrected chi connectivity index (χ0v) is 4.93. The fourth-order valence-electron chi connectivity index (χ4n) is 1.01. The molecule has 0 aromatic carbocycles. The molecule has 0 radical (unpaired) electrons. The molecule has 8 heavy (non-hydrogen) atoms. The molecule has 0 aliphatic carbocycles. The largest absolute Gasteiger partial charge is 0.405 e. The van der Waals surface area contributed by atoms with E-state index >= 15 is 0 Å². The van der Waals surface area contributed by atoms with Gasteiger partial charge < -0.3 is 11.1 Å². The van der Waals surface area contributed by atoms with Crippen LogP contribution in [0.1, 0.15) is 12.8 Å². The predicted octanol–water partition coefficient (Wildman–Crippen LogP) is 0.211. The van der Waals surface area contributed by atoms with Gasteiger partial charge in [0.1, 0.15) is 0 Å². The lowest BCUT2D eigenvalue weighted by molar-refractivity contribution is 0.726. The Bertz CT molecular complexity index is 82.5. The minimum Gasteiger partial charge on any atom is -0.405 e. The highest BCUT2D eigenvalue weighted by Crippen LogP contribution is 2.04. The molecule has 0 aromatic heterocycles. The van der Waals surface area contributed by atoms with Crippen LogP contribution in [0.25, 0.3) is 0 Å². The van der Waals surface area contributed by atoms with Gasteiger partial charge in [-0.25, -0.2) is 0 Å². The van der Waals surface area contributed by atoms with Gasteiger partial charge in [0.2, 0.25) is 0 Å². The van der Waals surface area contributed by atoms with Crippen molar-refractivity contribution < 1.29 is 0 Å². The lowest BCUT2D eigenvalue weighted by Crippen LogP contribution is -2.18. The maximum absolute atomic E-state index is 5.19.